The van der Waals surface area contributed by atoms with E-state index in [2.05, 4.69) is 32.2 Å². The zero-order valence-corrected chi connectivity index (χ0v) is 12.0. The van der Waals surface area contributed by atoms with E-state index in [1.807, 2.05) is 6.07 Å². The maximum Gasteiger partial charge on any atom is 0.105 e. The Labute approximate surface area is 111 Å². The fourth-order valence-corrected chi connectivity index (χ4v) is 3.25. The molecule has 2 heteroatoms. The number of hydrogen-bond donors (Lipinski definition) is 1. The van der Waals surface area contributed by atoms with Gasteiger partial charge in [0.1, 0.15) is 5.76 Å². The van der Waals surface area contributed by atoms with E-state index in [-0.39, 0.29) is 0 Å². The predicted octanol–water partition coefficient (Wildman–Crippen LogP) is 4.02. The van der Waals surface area contributed by atoms with Gasteiger partial charge in [0.15, 0.2) is 0 Å². The first-order chi connectivity index (χ1) is 8.57. The standard InChI is InChI=1S/C16H27NO/c1-16(2,3)14-8-4-5-9-15(14)17-11-10-13-7-6-12-18-13/h6-7,12,14-15,17H,4-5,8-11H2,1-3H3. The number of hydrogen-bond acceptors (Lipinski definition) is 2. The van der Waals surface area contributed by atoms with Crippen LogP contribution in [0.5, 0.6) is 0 Å². The van der Waals surface area contributed by atoms with Gasteiger partial charge in [-0.05, 0) is 36.3 Å². The minimum Gasteiger partial charge on any atom is -0.469 e. The smallest absolute Gasteiger partial charge is 0.105 e. The van der Waals surface area contributed by atoms with Crippen molar-refractivity contribution in [3.63, 3.8) is 0 Å². The molecular formula is C16H27NO. The molecule has 2 nitrogen and oxygen atoms in total. The normalized spacial score (nSPS) is 25.3. The maximum atomic E-state index is 5.38. The van der Waals surface area contributed by atoms with Gasteiger partial charge in [-0.15, -0.1) is 0 Å². The van der Waals surface area contributed by atoms with Crippen molar-refractivity contribution >= 4 is 0 Å². The molecule has 2 atom stereocenters. The molecule has 18 heavy (non-hydrogen) atoms. The molecule has 1 heterocycles. The summed E-state index contributed by atoms with van der Waals surface area (Å²) in [7, 11) is 0. The zero-order chi connectivity index (χ0) is 13.0. The van der Waals surface area contributed by atoms with Crippen molar-refractivity contribution in [2.24, 2.45) is 11.3 Å². The molecule has 1 aromatic rings. The molecule has 0 spiro atoms. The monoisotopic (exact) mass is 249 g/mol. The first-order valence-corrected chi connectivity index (χ1v) is 7.33. The van der Waals surface area contributed by atoms with Crippen molar-refractivity contribution in [1.82, 2.24) is 5.32 Å². The van der Waals surface area contributed by atoms with Crippen molar-refractivity contribution in [3.05, 3.63) is 24.2 Å². The van der Waals surface area contributed by atoms with Crippen LogP contribution in [0.1, 0.15) is 52.2 Å². The van der Waals surface area contributed by atoms with Crippen molar-refractivity contribution in [2.75, 3.05) is 6.54 Å². The molecule has 2 rings (SSSR count). The highest BCUT2D eigenvalue weighted by Crippen LogP contribution is 2.37. The van der Waals surface area contributed by atoms with Gasteiger partial charge in [-0.2, -0.15) is 0 Å². The van der Waals surface area contributed by atoms with Gasteiger partial charge in [-0.3, -0.25) is 0 Å². The Morgan fingerprint density at radius 3 is 2.72 bits per heavy atom. The molecule has 2 unspecified atom stereocenters. The molecule has 0 aromatic carbocycles. The molecule has 0 radical (unpaired) electrons. The van der Waals surface area contributed by atoms with Gasteiger partial charge in [0.25, 0.3) is 0 Å². The van der Waals surface area contributed by atoms with Crippen LogP contribution in [0.2, 0.25) is 0 Å². The molecule has 0 saturated heterocycles. The topological polar surface area (TPSA) is 25.2 Å². The van der Waals surface area contributed by atoms with E-state index in [1.165, 1.54) is 25.7 Å². The highest BCUT2D eigenvalue weighted by molar-refractivity contribution is 4.99. The minimum atomic E-state index is 0.419. The van der Waals surface area contributed by atoms with Crippen LogP contribution >= 0.6 is 0 Å². The van der Waals surface area contributed by atoms with E-state index in [0.29, 0.717) is 11.5 Å². The lowest BCUT2D eigenvalue weighted by Gasteiger charge is -2.41. The second-order valence-corrected chi connectivity index (χ2v) is 6.65. The average molecular weight is 249 g/mol. The lowest BCUT2D eigenvalue weighted by atomic mass is 9.69. The summed E-state index contributed by atoms with van der Waals surface area (Å²) in [5.74, 6) is 1.90. The molecule has 0 aliphatic heterocycles. The van der Waals surface area contributed by atoms with Crippen LogP contribution in [-0.4, -0.2) is 12.6 Å². The number of nitrogens with one attached hydrogen (secondary N) is 1. The highest BCUT2D eigenvalue weighted by atomic mass is 16.3. The van der Waals surface area contributed by atoms with Gasteiger partial charge in [0, 0.05) is 19.0 Å². The first kappa shape index (κ1) is 13.7. The molecule has 0 amide bonds. The minimum absolute atomic E-state index is 0.419. The van der Waals surface area contributed by atoms with Crippen molar-refractivity contribution in [3.8, 4) is 0 Å². The van der Waals surface area contributed by atoms with E-state index in [1.54, 1.807) is 6.26 Å². The van der Waals surface area contributed by atoms with E-state index < -0.39 is 0 Å². The summed E-state index contributed by atoms with van der Waals surface area (Å²) >= 11 is 0. The number of rotatable bonds is 4. The third-order valence-electron chi connectivity index (χ3n) is 4.24. The van der Waals surface area contributed by atoms with Crippen LogP contribution in [0.4, 0.5) is 0 Å². The van der Waals surface area contributed by atoms with Gasteiger partial charge in [0.05, 0.1) is 6.26 Å². The molecule has 1 N–H and O–H groups in total. The fraction of sp³-hybridized carbons (Fsp3) is 0.750. The summed E-state index contributed by atoms with van der Waals surface area (Å²) in [4.78, 5) is 0. The summed E-state index contributed by atoms with van der Waals surface area (Å²) in [5.41, 5.74) is 0.419. The molecule has 1 saturated carbocycles. The number of furan rings is 1. The molecule has 0 bridgehead atoms. The Balaban J connectivity index is 1.82. The van der Waals surface area contributed by atoms with Gasteiger partial charge in [-0.1, -0.05) is 33.6 Å². The molecule has 1 aromatic heterocycles. The second-order valence-electron chi connectivity index (χ2n) is 6.65. The average Bonchev–Trinajstić information content (AvgIpc) is 2.81. The van der Waals surface area contributed by atoms with E-state index >= 15 is 0 Å². The van der Waals surface area contributed by atoms with E-state index in [9.17, 15) is 0 Å². The molecule has 102 valence electrons. The summed E-state index contributed by atoms with van der Waals surface area (Å²) in [6.07, 6.45) is 8.25. The van der Waals surface area contributed by atoms with Crippen molar-refractivity contribution in [2.45, 2.75) is 58.9 Å². The SMILES string of the molecule is CC(C)(C)C1CCCCC1NCCc1ccco1. The Hall–Kier alpha value is -0.760. The highest BCUT2D eigenvalue weighted by Gasteiger charge is 2.33. The molecule has 1 fully saturated rings. The molecule has 1 aliphatic carbocycles. The quantitative estimate of drug-likeness (QED) is 0.872. The van der Waals surface area contributed by atoms with Crippen LogP contribution in [0.15, 0.2) is 22.8 Å². The van der Waals surface area contributed by atoms with Crippen LogP contribution in [0.3, 0.4) is 0 Å². The Morgan fingerprint density at radius 1 is 1.28 bits per heavy atom. The van der Waals surface area contributed by atoms with Gasteiger partial charge < -0.3 is 9.73 Å². The van der Waals surface area contributed by atoms with Crippen molar-refractivity contribution < 1.29 is 4.42 Å². The maximum absolute atomic E-state index is 5.38. The van der Waals surface area contributed by atoms with E-state index in [0.717, 1.165) is 24.6 Å². The van der Waals surface area contributed by atoms with E-state index in [4.69, 9.17) is 4.42 Å². The predicted molar refractivity (Wildman–Crippen MR) is 75.6 cm³/mol. The largest absolute Gasteiger partial charge is 0.469 e. The second kappa shape index (κ2) is 5.92. The van der Waals surface area contributed by atoms with Crippen LogP contribution < -0.4 is 5.32 Å². The Bertz CT molecular complexity index is 336. The fourth-order valence-electron chi connectivity index (χ4n) is 3.25. The summed E-state index contributed by atoms with van der Waals surface area (Å²) < 4.78 is 5.38. The lowest BCUT2D eigenvalue weighted by Crippen LogP contribution is -2.44. The summed E-state index contributed by atoms with van der Waals surface area (Å²) in [6, 6.07) is 4.71. The van der Waals surface area contributed by atoms with Gasteiger partial charge in [-0.25, -0.2) is 0 Å². The third kappa shape index (κ3) is 3.61. The summed E-state index contributed by atoms with van der Waals surface area (Å²) in [5, 5.41) is 3.76. The van der Waals surface area contributed by atoms with Crippen molar-refractivity contribution in [1.29, 1.82) is 0 Å². The van der Waals surface area contributed by atoms with Gasteiger partial charge >= 0.3 is 0 Å². The summed E-state index contributed by atoms with van der Waals surface area (Å²) in [6.45, 7) is 8.17. The van der Waals surface area contributed by atoms with Crippen LogP contribution in [0, 0.1) is 11.3 Å². The van der Waals surface area contributed by atoms with Crippen LogP contribution in [-0.2, 0) is 6.42 Å². The molecular weight excluding hydrogens is 222 g/mol. The Kier molecular flexibility index (Phi) is 4.50. The van der Waals surface area contributed by atoms with Crippen LogP contribution in [0.25, 0.3) is 0 Å². The molecule has 1 aliphatic rings. The lowest BCUT2D eigenvalue weighted by molar-refractivity contribution is 0.131. The third-order valence-corrected chi connectivity index (χ3v) is 4.24. The Morgan fingerprint density at radius 2 is 2.06 bits per heavy atom. The first-order valence-electron chi connectivity index (χ1n) is 7.33. The van der Waals surface area contributed by atoms with Gasteiger partial charge in [0.2, 0.25) is 0 Å². The zero-order valence-electron chi connectivity index (χ0n) is 12.0.